The van der Waals surface area contributed by atoms with Crippen LogP contribution in [0.1, 0.15) is 16.7 Å². The van der Waals surface area contributed by atoms with Crippen LogP contribution >= 0.6 is 11.8 Å². The Balaban J connectivity index is 1.63. The molecular weight excluding hydrogens is 340 g/mol. The van der Waals surface area contributed by atoms with Crippen molar-refractivity contribution < 1.29 is 13.3 Å². The smallest absolute Gasteiger partial charge is 0.336 e. The van der Waals surface area contributed by atoms with Crippen LogP contribution in [0.5, 0.6) is 0 Å². The van der Waals surface area contributed by atoms with Gasteiger partial charge in [-0.25, -0.2) is 4.79 Å². The summed E-state index contributed by atoms with van der Waals surface area (Å²) in [6.07, 6.45) is 1.55. The summed E-state index contributed by atoms with van der Waals surface area (Å²) in [4.78, 5) is 11.8. The van der Waals surface area contributed by atoms with Crippen LogP contribution in [-0.4, -0.2) is 10.2 Å². The van der Waals surface area contributed by atoms with Gasteiger partial charge in [0.2, 0.25) is 0 Å². The summed E-state index contributed by atoms with van der Waals surface area (Å²) in [7, 11) is 0. The van der Waals surface area contributed by atoms with Crippen molar-refractivity contribution in [3.63, 3.8) is 0 Å². The van der Waals surface area contributed by atoms with Crippen LogP contribution in [0.15, 0.2) is 59.9 Å². The molecule has 0 saturated heterocycles. The minimum atomic E-state index is -0.367. The zero-order valence-electron chi connectivity index (χ0n) is 13.6. The van der Waals surface area contributed by atoms with E-state index in [-0.39, 0.29) is 5.63 Å². The summed E-state index contributed by atoms with van der Waals surface area (Å²) in [5, 5.41) is 9.30. The highest BCUT2D eigenvalue weighted by molar-refractivity contribution is 7.98. The maximum absolute atomic E-state index is 11.8. The molecule has 3 heterocycles. The van der Waals surface area contributed by atoms with Gasteiger partial charge in [0.05, 0.1) is 6.26 Å². The van der Waals surface area contributed by atoms with Gasteiger partial charge in [-0.05, 0) is 54.8 Å². The number of furan rings is 1. The van der Waals surface area contributed by atoms with Gasteiger partial charge < -0.3 is 13.3 Å². The van der Waals surface area contributed by atoms with E-state index in [1.807, 2.05) is 26.0 Å². The molecular formula is C18H14N2O4S. The molecule has 0 aliphatic carbocycles. The van der Waals surface area contributed by atoms with Gasteiger partial charge in [-0.2, -0.15) is 0 Å². The lowest BCUT2D eigenvalue weighted by molar-refractivity contribution is 0.447. The fourth-order valence-corrected chi connectivity index (χ4v) is 3.26. The second-order valence-corrected chi connectivity index (χ2v) is 6.59. The van der Waals surface area contributed by atoms with Crippen molar-refractivity contribution in [1.82, 2.24) is 10.2 Å². The molecule has 25 heavy (non-hydrogen) atoms. The summed E-state index contributed by atoms with van der Waals surface area (Å²) in [5.41, 5.74) is 3.32. The minimum Gasteiger partial charge on any atom is -0.459 e. The van der Waals surface area contributed by atoms with Crippen molar-refractivity contribution in [3.05, 3.63) is 63.7 Å². The largest absolute Gasteiger partial charge is 0.459 e. The van der Waals surface area contributed by atoms with Gasteiger partial charge >= 0.3 is 5.63 Å². The molecule has 4 aromatic rings. The first-order chi connectivity index (χ1) is 12.1. The van der Waals surface area contributed by atoms with Crippen molar-refractivity contribution >= 4 is 22.7 Å². The van der Waals surface area contributed by atoms with Crippen LogP contribution in [0.2, 0.25) is 0 Å². The van der Waals surface area contributed by atoms with Crippen LogP contribution in [0.3, 0.4) is 0 Å². The predicted octanol–water partition coefficient (Wildman–Crippen LogP) is 4.35. The summed E-state index contributed by atoms with van der Waals surface area (Å²) in [5.74, 6) is 1.37. The normalized spacial score (nSPS) is 11.3. The number of benzene rings is 1. The van der Waals surface area contributed by atoms with Gasteiger partial charge in [0.15, 0.2) is 5.76 Å². The van der Waals surface area contributed by atoms with E-state index in [0.717, 1.165) is 22.1 Å². The highest BCUT2D eigenvalue weighted by Crippen LogP contribution is 2.29. The van der Waals surface area contributed by atoms with Crippen molar-refractivity contribution in [2.75, 3.05) is 0 Å². The first-order valence-corrected chi connectivity index (χ1v) is 8.63. The molecule has 6 nitrogen and oxygen atoms in total. The topological polar surface area (TPSA) is 82.3 Å². The Labute approximate surface area is 146 Å². The van der Waals surface area contributed by atoms with E-state index in [4.69, 9.17) is 13.3 Å². The average Bonchev–Trinajstić information content (AvgIpc) is 3.25. The first kappa shape index (κ1) is 15.7. The number of aromatic nitrogens is 2. The van der Waals surface area contributed by atoms with Crippen LogP contribution in [-0.2, 0) is 5.75 Å². The minimum absolute atomic E-state index is 0.330. The molecule has 0 aliphatic heterocycles. The molecule has 0 aliphatic rings. The third-order valence-corrected chi connectivity index (χ3v) is 4.80. The van der Waals surface area contributed by atoms with Gasteiger partial charge in [0, 0.05) is 17.2 Å². The Morgan fingerprint density at radius 2 is 1.92 bits per heavy atom. The lowest BCUT2D eigenvalue weighted by atomic mass is 10.0. The summed E-state index contributed by atoms with van der Waals surface area (Å²) >= 11 is 1.36. The number of hydrogen-bond acceptors (Lipinski definition) is 7. The van der Waals surface area contributed by atoms with E-state index < -0.39 is 0 Å². The quantitative estimate of drug-likeness (QED) is 0.398. The maximum atomic E-state index is 11.8. The molecule has 0 radical (unpaired) electrons. The first-order valence-electron chi connectivity index (χ1n) is 7.64. The third kappa shape index (κ3) is 3.10. The van der Waals surface area contributed by atoms with Crippen molar-refractivity contribution in [2.24, 2.45) is 0 Å². The number of aryl methyl sites for hydroxylation is 2. The van der Waals surface area contributed by atoms with Crippen molar-refractivity contribution in [1.29, 1.82) is 0 Å². The summed E-state index contributed by atoms with van der Waals surface area (Å²) < 4.78 is 16.1. The van der Waals surface area contributed by atoms with Crippen molar-refractivity contribution in [2.45, 2.75) is 24.8 Å². The molecule has 4 rings (SSSR count). The predicted molar refractivity (Wildman–Crippen MR) is 93.5 cm³/mol. The zero-order chi connectivity index (χ0) is 17.4. The number of thioether (sulfide) groups is 1. The van der Waals surface area contributed by atoms with Crippen LogP contribution in [0.25, 0.3) is 22.6 Å². The fourth-order valence-electron chi connectivity index (χ4n) is 2.51. The van der Waals surface area contributed by atoms with Gasteiger partial charge in [0.25, 0.3) is 11.1 Å². The van der Waals surface area contributed by atoms with E-state index in [1.165, 1.54) is 17.8 Å². The van der Waals surface area contributed by atoms with E-state index in [2.05, 4.69) is 10.2 Å². The molecule has 3 aromatic heterocycles. The monoisotopic (exact) mass is 354 g/mol. The second-order valence-electron chi connectivity index (χ2n) is 5.66. The van der Waals surface area contributed by atoms with Gasteiger partial charge in [0.1, 0.15) is 5.58 Å². The molecule has 0 fully saturated rings. The van der Waals surface area contributed by atoms with E-state index in [0.29, 0.717) is 28.2 Å². The molecule has 0 amide bonds. The highest BCUT2D eigenvalue weighted by Gasteiger charge is 2.13. The molecule has 0 atom stereocenters. The van der Waals surface area contributed by atoms with Crippen LogP contribution < -0.4 is 5.63 Å². The zero-order valence-corrected chi connectivity index (χ0v) is 14.4. The van der Waals surface area contributed by atoms with E-state index in [1.54, 1.807) is 18.4 Å². The second kappa shape index (κ2) is 6.25. The van der Waals surface area contributed by atoms with E-state index in [9.17, 15) is 4.79 Å². The average molecular weight is 354 g/mol. The lowest BCUT2D eigenvalue weighted by Crippen LogP contribution is -2.00. The highest BCUT2D eigenvalue weighted by atomic mass is 32.2. The molecule has 0 saturated carbocycles. The van der Waals surface area contributed by atoms with E-state index >= 15 is 0 Å². The molecule has 0 N–H and O–H groups in total. The Morgan fingerprint density at radius 3 is 2.72 bits per heavy atom. The van der Waals surface area contributed by atoms with Crippen LogP contribution in [0, 0.1) is 13.8 Å². The third-order valence-electron chi connectivity index (χ3n) is 3.93. The number of fused-ring (bicyclic) bond motifs is 1. The molecule has 1 aromatic carbocycles. The fraction of sp³-hybridized carbons (Fsp3) is 0.167. The Bertz CT molecular complexity index is 1100. The molecule has 0 spiro atoms. The lowest BCUT2D eigenvalue weighted by Gasteiger charge is -2.07. The SMILES string of the molecule is Cc1cc2oc(=O)cc(CSc3nnc(-c4ccco4)o3)c2cc1C. The Hall–Kier alpha value is -2.80. The maximum Gasteiger partial charge on any atom is 0.336 e. The number of rotatable bonds is 4. The Kier molecular flexibility index (Phi) is 3.93. The van der Waals surface area contributed by atoms with Crippen LogP contribution in [0.4, 0.5) is 0 Å². The molecule has 0 unspecified atom stereocenters. The van der Waals surface area contributed by atoms with Crippen molar-refractivity contribution in [3.8, 4) is 11.7 Å². The molecule has 126 valence electrons. The number of nitrogens with zero attached hydrogens (tertiary/aromatic N) is 2. The molecule has 0 bridgehead atoms. The standard InChI is InChI=1S/C18H14N2O4S/c1-10-6-13-12(8-16(21)23-15(13)7-11(10)2)9-25-18-20-19-17(24-18)14-4-3-5-22-14/h3-8H,9H2,1-2H3. The number of hydrogen-bond donors (Lipinski definition) is 0. The molecule has 7 heteroatoms. The summed E-state index contributed by atoms with van der Waals surface area (Å²) in [6.45, 7) is 4.02. The van der Waals surface area contributed by atoms with Gasteiger partial charge in [-0.1, -0.05) is 11.8 Å². The van der Waals surface area contributed by atoms with Gasteiger partial charge in [-0.3, -0.25) is 0 Å². The Morgan fingerprint density at radius 1 is 1.08 bits per heavy atom. The summed E-state index contributed by atoms with van der Waals surface area (Å²) in [6, 6.07) is 8.94. The van der Waals surface area contributed by atoms with Gasteiger partial charge in [-0.15, -0.1) is 10.2 Å².